The molecule has 13 aromatic rings. The van der Waals surface area contributed by atoms with E-state index in [9.17, 15) is 0 Å². The van der Waals surface area contributed by atoms with Gasteiger partial charge in [-0.1, -0.05) is 170 Å². The second-order valence-corrected chi connectivity index (χ2v) is 16.4. The van der Waals surface area contributed by atoms with Crippen molar-refractivity contribution < 1.29 is 4.42 Å². The molecule has 0 bridgehead atoms. The third kappa shape index (κ3) is 5.53. The van der Waals surface area contributed by atoms with Crippen LogP contribution in [0.5, 0.6) is 0 Å². The number of para-hydroxylation sites is 3. The van der Waals surface area contributed by atoms with Crippen molar-refractivity contribution in [3.05, 3.63) is 231 Å². The van der Waals surface area contributed by atoms with Crippen LogP contribution in [0.15, 0.2) is 235 Å². The van der Waals surface area contributed by atoms with Gasteiger partial charge in [0, 0.05) is 38.0 Å². The average molecular weight is 803 g/mol. The van der Waals surface area contributed by atoms with Crippen molar-refractivity contribution >= 4 is 65.6 Å². The van der Waals surface area contributed by atoms with Gasteiger partial charge in [-0.15, -0.1) is 0 Å². The Morgan fingerprint density at radius 3 is 1.46 bits per heavy atom. The first-order valence-electron chi connectivity index (χ1n) is 21.6. The van der Waals surface area contributed by atoms with E-state index in [0.29, 0.717) is 0 Å². The maximum Gasteiger partial charge on any atom is 0.160 e. The minimum Gasteiger partial charge on any atom is -0.454 e. The fourth-order valence-electron chi connectivity index (χ4n) is 10.1. The van der Waals surface area contributed by atoms with Crippen LogP contribution in [0.25, 0.3) is 121 Å². The van der Waals surface area contributed by atoms with E-state index in [0.717, 1.165) is 49.9 Å². The van der Waals surface area contributed by atoms with E-state index in [4.69, 9.17) is 4.42 Å². The van der Waals surface area contributed by atoms with Gasteiger partial charge in [-0.3, -0.25) is 0 Å². The Labute approximate surface area is 363 Å². The first-order valence-corrected chi connectivity index (χ1v) is 21.6. The third-order valence-electron chi connectivity index (χ3n) is 13.0. The van der Waals surface area contributed by atoms with Crippen molar-refractivity contribution in [2.75, 3.05) is 0 Å². The Bertz CT molecular complexity index is 3890. The topological polar surface area (TPSA) is 23.0 Å². The molecule has 294 valence electrons. The van der Waals surface area contributed by atoms with Gasteiger partial charge in [0.25, 0.3) is 0 Å². The zero-order valence-electron chi connectivity index (χ0n) is 34.2. The molecule has 0 atom stereocenters. The molecule has 0 saturated heterocycles. The molecule has 0 aliphatic heterocycles. The van der Waals surface area contributed by atoms with E-state index in [-0.39, 0.29) is 0 Å². The molecule has 0 unspecified atom stereocenters. The molecule has 63 heavy (non-hydrogen) atoms. The first-order chi connectivity index (χ1) is 31.3. The van der Waals surface area contributed by atoms with Crippen LogP contribution in [-0.4, -0.2) is 9.13 Å². The second-order valence-electron chi connectivity index (χ2n) is 16.4. The Kier molecular flexibility index (Phi) is 7.91. The summed E-state index contributed by atoms with van der Waals surface area (Å²) in [5.74, 6) is 0. The number of aromatic nitrogens is 2. The summed E-state index contributed by atoms with van der Waals surface area (Å²) in [5.41, 5.74) is 18.1. The molecule has 0 aliphatic rings. The van der Waals surface area contributed by atoms with Gasteiger partial charge in [0.15, 0.2) is 5.58 Å². The molecule has 0 saturated carbocycles. The standard InChI is InChI=1S/C60H38N2O/c1-3-15-39(16-4-1)40-27-31-44(32-28-40)61-53-24-12-9-21-47(53)51-37-42(29-34-55(51)61)43-30-35-56-52(38-43)48-22-10-13-25-54(48)62(56)57-36-33-49(59-50-23-11-14-26-58(50)63-60(57)59)46-20-8-7-19-45(46)41-17-5-2-6-18-41/h1-38H. The van der Waals surface area contributed by atoms with Crippen LogP contribution >= 0.6 is 0 Å². The molecule has 0 N–H and O–H groups in total. The molecule has 3 aromatic heterocycles. The molecule has 3 heterocycles. The van der Waals surface area contributed by atoms with Gasteiger partial charge >= 0.3 is 0 Å². The van der Waals surface area contributed by atoms with Gasteiger partial charge in [0.05, 0.1) is 27.8 Å². The van der Waals surface area contributed by atoms with Crippen LogP contribution in [0.4, 0.5) is 0 Å². The molecule has 3 heteroatoms. The smallest absolute Gasteiger partial charge is 0.160 e. The summed E-state index contributed by atoms with van der Waals surface area (Å²) in [6.07, 6.45) is 0. The van der Waals surface area contributed by atoms with Gasteiger partial charge in [-0.05, 0) is 105 Å². The van der Waals surface area contributed by atoms with Crippen molar-refractivity contribution in [3.8, 4) is 55.9 Å². The molecule has 0 fully saturated rings. The average Bonchev–Trinajstić information content (AvgIpc) is 4.02. The lowest BCUT2D eigenvalue weighted by molar-refractivity contribution is 0.666. The van der Waals surface area contributed by atoms with E-state index >= 15 is 0 Å². The summed E-state index contributed by atoms with van der Waals surface area (Å²) in [7, 11) is 0. The van der Waals surface area contributed by atoms with Gasteiger partial charge in [-0.25, -0.2) is 0 Å². The van der Waals surface area contributed by atoms with E-state index < -0.39 is 0 Å². The molecule has 3 nitrogen and oxygen atoms in total. The predicted octanol–water partition coefficient (Wildman–Crippen LogP) is 16.4. The first kappa shape index (κ1) is 35.4. The molecule has 0 radical (unpaired) electrons. The Hall–Kier alpha value is -8.40. The summed E-state index contributed by atoms with van der Waals surface area (Å²) < 4.78 is 11.7. The van der Waals surface area contributed by atoms with E-state index in [1.807, 2.05) is 0 Å². The van der Waals surface area contributed by atoms with Crippen LogP contribution in [0.3, 0.4) is 0 Å². The van der Waals surface area contributed by atoms with Crippen LogP contribution in [0, 0.1) is 0 Å². The largest absolute Gasteiger partial charge is 0.454 e. The molecular weight excluding hydrogens is 765 g/mol. The summed E-state index contributed by atoms with van der Waals surface area (Å²) in [4.78, 5) is 0. The highest BCUT2D eigenvalue weighted by molar-refractivity contribution is 6.18. The zero-order valence-corrected chi connectivity index (χ0v) is 34.2. The van der Waals surface area contributed by atoms with Gasteiger partial charge < -0.3 is 13.6 Å². The van der Waals surface area contributed by atoms with Crippen LogP contribution in [0.2, 0.25) is 0 Å². The lowest BCUT2D eigenvalue weighted by Crippen LogP contribution is -1.96. The third-order valence-corrected chi connectivity index (χ3v) is 13.0. The number of fused-ring (bicyclic) bond motifs is 9. The number of furan rings is 1. The monoisotopic (exact) mass is 802 g/mol. The summed E-state index contributed by atoms with van der Waals surface area (Å²) in [6.45, 7) is 0. The lowest BCUT2D eigenvalue weighted by Gasteiger charge is -2.14. The van der Waals surface area contributed by atoms with Crippen LogP contribution in [0.1, 0.15) is 0 Å². The van der Waals surface area contributed by atoms with Gasteiger partial charge in [0.1, 0.15) is 5.58 Å². The predicted molar refractivity (Wildman–Crippen MR) is 264 cm³/mol. The van der Waals surface area contributed by atoms with E-state index in [2.05, 4.69) is 240 Å². The maximum absolute atomic E-state index is 6.92. The fourth-order valence-corrected chi connectivity index (χ4v) is 10.1. The number of rotatable bonds is 6. The number of hydrogen-bond donors (Lipinski definition) is 0. The lowest BCUT2D eigenvalue weighted by atomic mass is 9.91. The van der Waals surface area contributed by atoms with Crippen molar-refractivity contribution in [3.63, 3.8) is 0 Å². The quantitative estimate of drug-likeness (QED) is 0.164. The Balaban J connectivity index is 0.971. The van der Waals surface area contributed by atoms with Gasteiger partial charge in [0.2, 0.25) is 0 Å². The maximum atomic E-state index is 6.92. The molecule has 0 spiro atoms. The van der Waals surface area contributed by atoms with E-state index in [1.54, 1.807) is 0 Å². The van der Waals surface area contributed by atoms with Crippen molar-refractivity contribution in [1.82, 2.24) is 9.13 Å². The number of nitrogens with zero attached hydrogens (tertiary/aromatic N) is 2. The summed E-state index contributed by atoms with van der Waals surface area (Å²) in [5, 5.41) is 7.10. The highest BCUT2D eigenvalue weighted by atomic mass is 16.3. The molecule has 0 aliphatic carbocycles. The minimum absolute atomic E-state index is 0.875. The zero-order chi connectivity index (χ0) is 41.4. The number of hydrogen-bond acceptors (Lipinski definition) is 1. The SMILES string of the molecule is c1ccc(-c2ccc(-n3c4ccccc4c4cc(-c5ccc6c(c5)c5ccccc5n6-c5ccc(-c6ccccc6-c6ccccc6)c6c5oc5ccccc56)ccc43)cc2)cc1. The minimum atomic E-state index is 0.875. The normalized spacial score (nSPS) is 11.8. The fraction of sp³-hybridized carbons (Fsp3) is 0. The van der Waals surface area contributed by atoms with E-state index in [1.165, 1.54) is 71.5 Å². The highest BCUT2D eigenvalue weighted by Crippen LogP contribution is 2.45. The van der Waals surface area contributed by atoms with Crippen molar-refractivity contribution in [1.29, 1.82) is 0 Å². The van der Waals surface area contributed by atoms with Crippen LogP contribution in [-0.2, 0) is 0 Å². The van der Waals surface area contributed by atoms with Crippen molar-refractivity contribution in [2.45, 2.75) is 0 Å². The second kappa shape index (κ2) is 14.1. The van der Waals surface area contributed by atoms with Gasteiger partial charge in [-0.2, -0.15) is 0 Å². The van der Waals surface area contributed by atoms with Crippen molar-refractivity contribution in [2.24, 2.45) is 0 Å². The summed E-state index contributed by atoms with van der Waals surface area (Å²) >= 11 is 0. The number of benzene rings is 10. The molecule has 0 amide bonds. The molecule has 10 aromatic carbocycles. The summed E-state index contributed by atoms with van der Waals surface area (Å²) in [6, 6.07) is 83.3. The molecular formula is C60H38N2O. The Morgan fingerprint density at radius 1 is 0.286 bits per heavy atom. The van der Waals surface area contributed by atoms with Crippen LogP contribution < -0.4 is 0 Å². The Morgan fingerprint density at radius 2 is 0.778 bits per heavy atom. The highest BCUT2D eigenvalue weighted by Gasteiger charge is 2.22. The molecule has 13 rings (SSSR count).